The van der Waals surface area contributed by atoms with E-state index in [0.29, 0.717) is 5.92 Å². The molecule has 0 aliphatic heterocycles. The molecule has 64 valence electrons. The van der Waals surface area contributed by atoms with Gasteiger partial charge < -0.3 is 0 Å². The van der Waals surface area contributed by atoms with Crippen LogP contribution in [0.3, 0.4) is 0 Å². The minimum Gasteiger partial charge on any atom is -0.0911 e. The van der Waals surface area contributed by atoms with Gasteiger partial charge in [-0.25, -0.2) is 0 Å². The minimum atomic E-state index is 0.644. The predicted octanol–water partition coefficient (Wildman–Crippen LogP) is 3.80. The van der Waals surface area contributed by atoms with Crippen molar-refractivity contribution in [3.8, 4) is 0 Å². The van der Waals surface area contributed by atoms with Crippen molar-refractivity contribution in [1.82, 2.24) is 0 Å². The van der Waals surface area contributed by atoms with Gasteiger partial charge in [0.25, 0.3) is 0 Å². The van der Waals surface area contributed by atoms with Crippen LogP contribution in [-0.4, -0.2) is 0 Å². The summed E-state index contributed by atoms with van der Waals surface area (Å²) in [5, 5.41) is 0. The molecule has 0 spiro atoms. The van der Waals surface area contributed by atoms with Crippen LogP contribution in [0.5, 0.6) is 0 Å². The molecule has 0 aliphatic rings. The molecule has 0 rings (SSSR count). The van der Waals surface area contributed by atoms with Crippen molar-refractivity contribution in [3.63, 3.8) is 0 Å². The topological polar surface area (TPSA) is 0 Å². The number of rotatable bonds is 4. The van der Waals surface area contributed by atoms with Crippen LogP contribution in [0.1, 0.15) is 34.1 Å². The Bertz CT molecular complexity index is 117. The first-order valence-electron chi connectivity index (χ1n) is 4.46. The monoisotopic (exact) mass is 152 g/mol. The first-order chi connectivity index (χ1) is 5.20. The molecule has 0 heterocycles. The lowest BCUT2D eigenvalue weighted by atomic mass is 9.96. The fraction of sp³-hybridized carbons (Fsp3) is 0.636. The van der Waals surface area contributed by atoms with Crippen LogP contribution in [0.4, 0.5) is 0 Å². The molecule has 0 N–H and O–H groups in total. The summed E-state index contributed by atoms with van der Waals surface area (Å²) >= 11 is 0. The second-order valence-corrected chi connectivity index (χ2v) is 3.34. The van der Waals surface area contributed by atoms with E-state index in [1.165, 1.54) is 6.42 Å². The molecule has 11 heavy (non-hydrogen) atoms. The summed E-state index contributed by atoms with van der Waals surface area (Å²) in [5.41, 5.74) is 0. The molecule has 0 radical (unpaired) electrons. The summed E-state index contributed by atoms with van der Waals surface area (Å²) in [6, 6.07) is 0. The molecule has 0 saturated carbocycles. The molecule has 0 aromatic rings. The summed E-state index contributed by atoms with van der Waals surface area (Å²) in [6.45, 7) is 8.69. The van der Waals surface area contributed by atoms with Gasteiger partial charge in [-0.2, -0.15) is 0 Å². The Labute approximate surface area is 71.0 Å². The number of hydrogen-bond donors (Lipinski definition) is 0. The van der Waals surface area contributed by atoms with Gasteiger partial charge in [-0.3, -0.25) is 0 Å². The lowest BCUT2D eigenvalue weighted by Gasteiger charge is -2.09. The molecule has 0 fully saturated rings. The zero-order valence-corrected chi connectivity index (χ0v) is 8.17. The number of allylic oxidation sites excluding steroid dienone is 4. The molecular formula is C11H20. The summed E-state index contributed by atoms with van der Waals surface area (Å²) in [6.07, 6.45) is 10.1. The van der Waals surface area contributed by atoms with Gasteiger partial charge in [-0.05, 0) is 32.1 Å². The van der Waals surface area contributed by atoms with E-state index < -0.39 is 0 Å². The first-order valence-corrected chi connectivity index (χ1v) is 4.46. The summed E-state index contributed by atoms with van der Waals surface area (Å²) < 4.78 is 0. The summed E-state index contributed by atoms with van der Waals surface area (Å²) in [4.78, 5) is 0. The van der Waals surface area contributed by atoms with Gasteiger partial charge in [-0.15, -0.1) is 0 Å². The Hall–Kier alpha value is -0.520. The van der Waals surface area contributed by atoms with Crippen LogP contribution in [0.15, 0.2) is 24.3 Å². The van der Waals surface area contributed by atoms with E-state index >= 15 is 0 Å². The second-order valence-electron chi connectivity index (χ2n) is 3.34. The van der Waals surface area contributed by atoms with E-state index in [2.05, 4.69) is 52.0 Å². The number of hydrogen-bond acceptors (Lipinski definition) is 0. The lowest BCUT2D eigenvalue weighted by Crippen LogP contribution is -1.97. The first kappa shape index (κ1) is 10.5. The quantitative estimate of drug-likeness (QED) is 0.537. The van der Waals surface area contributed by atoms with Crippen molar-refractivity contribution in [2.75, 3.05) is 0 Å². The zero-order chi connectivity index (χ0) is 8.69. The highest BCUT2D eigenvalue weighted by Gasteiger charge is 2.01. The molecule has 0 bridgehead atoms. The SMILES string of the molecule is CC=CC(C=CC)CC(C)C. The molecule has 0 aromatic carbocycles. The van der Waals surface area contributed by atoms with Gasteiger partial charge in [0.1, 0.15) is 0 Å². The molecule has 0 nitrogen and oxygen atoms in total. The smallest absolute Gasteiger partial charge is 0.00513 e. The van der Waals surface area contributed by atoms with Crippen LogP contribution in [0.2, 0.25) is 0 Å². The van der Waals surface area contributed by atoms with Crippen molar-refractivity contribution < 1.29 is 0 Å². The Morgan fingerprint density at radius 2 is 1.45 bits per heavy atom. The fourth-order valence-electron chi connectivity index (χ4n) is 1.26. The van der Waals surface area contributed by atoms with Crippen molar-refractivity contribution in [2.24, 2.45) is 11.8 Å². The molecule has 0 aromatic heterocycles. The third kappa shape index (κ3) is 5.90. The van der Waals surface area contributed by atoms with Gasteiger partial charge >= 0.3 is 0 Å². The molecule has 0 amide bonds. The van der Waals surface area contributed by atoms with E-state index in [0.717, 1.165) is 5.92 Å². The van der Waals surface area contributed by atoms with E-state index in [1.54, 1.807) is 0 Å². The summed E-state index contributed by atoms with van der Waals surface area (Å²) in [7, 11) is 0. The zero-order valence-electron chi connectivity index (χ0n) is 8.17. The van der Waals surface area contributed by atoms with E-state index in [-0.39, 0.29) is 0 Å². The van der Waals surface area contributed by atoms with Gasteiger partial charge in [0.2, 0.25) is 0 Å². The van der Waals surface area contributed by atoms with E-state index in [9.17, 15) is 0 Å². The second kappa shape index (κ2) is 6.21. The lowest BCUT2D eigenvalue weighted by molar-refractivity contribution is 0.532. The largest absolute Gasteiger partial charge is 0.0911 e. The average molecular weight is 152 g/mol. The maximum absolute atomic E-state index is 2.26. The van der Waals surface area contributed by atoms with Gasteiger partial charge in [0.15, 0.2) is 0 Å². The Kier molecular flexibility index (Phi) is 5.91. The van der Waals surface area contributed by atoms with Crippen molar-refractivity contribution in [2.45, 2.75) is 34.1 Å². The standard InChI is InChI=1S/C11H20/c1-5-7-11(8-6-2)9-10(3)4/h5-8,10-11H,9H2,1-4H3. The third-order valence-corrected chi connectivity index (χ3v) is 1.62. The molecule has 0 atom stereocenters. The van der Waals surface area contributed by atoms with Gasteiger partial charge in [-0.1, -0.05) is 38.2 Å². The van der Waals surface area contributed by atoms with E-state index in [4.69, 9.17) is 0 Å². The highest BCUT2D eigenvalue weighted by Crippen LogP contribution is 2.14. The van der Waals surface area contributed by atoms with Crippen molar-refractivity contribution in [3.05, 3.63) is 24.3 Å². The molecule has 0 unspecified atom stereocenters. The third-order valence-electron chi connectivity index (χ3n) is 1.62. The van der Waals surface area contributed by atoms with Gasteiger partial charge in [0, 0.05) is 0 Å². The Morgan fingerprint density at radius 1 is 1.00 bits per heavy atom. The Balaban J connectivity index is 3.89. The summed E-state index contributed by atoms with van der Waals surface area (Å²) in [5.74, 6) is 1.43. The minimum absolute atomic E-state index is 0.644. The van der Waals surface area contributed by atoms with Crippen molar-refractivity contribution in [1.29, 1.82) is 0 Å². The molecule has 0 heteroatoms. The Morgan fingerprint density at radius 3 is 1.73 bits per heavy atom. The molecular weight excluding hydrogens is 132 g/mol. The average Bonchev–Trinajstić information content (AvgIpc) is 1.87. The van der Waals surface area contributed by atoms with E-state index in [1.807, 2.05) is 0 Å². The van der Waals surface area contributed by atoms with Crippen LogP contribution < -0.4 is 0 Å². The normalized spacial score (nSPS) is 15.4. The van der Waals surface area contributed by atoms with Crippen molar-refractivity contribution >= 4 is 0 Å². The highest BCUT2D eigenvalue weighted by atomic mass is 14.1. The molecule has 0 aliphatic carbocycles. The van der Waals surface area contributed by atoms with Crippen LogP contribution in [-0.2, 0) is 0 Å². The fourth-order valence-corrected chi connectivity index (χ4v) is 1.26. The van der Waals surface area contributed by atoms with Crippen LogP contribution in [0.25, 0.3) is 0 Å². The van der Waals surface area contributed by atoms with Gasteiger partial charge in [0.05, 0.1) is 0 Å². The highest BCUT2D eigenvalue weighted by molar-refractivity contribution is 4.98. The van der Waals surface area contributed by atoms with Crippen LogP contribution in [0, 0.1) is 11.8 Å². The maximum atomic E-state index is 2.26. The van der Waals surface area contributed by atoms with Crippen LogP contribution >= 0.6 is 0 Å². The maximum Gasteiger partial charge on any atom is -0.00513 e. The molecule has 0 saturated heterocycles. The predicted molar refractivity (Wildman–Crippen MR) is 52.6 cm³/mol.